The Morgan fingerprint density at radius 2 is 2.05 bits per heavy atom. The number of aryl methyl sites for hydroxylation is 1. The fourth-order valence-electron chi connectivity index (χ4n) is 2.10. The SMILES string of the molecule is CCCCC(CCC)Nc1cnn(CC)c(=O)c1Br. The van der Waals surface area contributed by atoms with Gasteiger partial charge in [-0.25, -0.2) is 4.68 Å². The molecule has 4 nitrogen and oxygen atoms in total. The van der Waals surface area contributed by atoms with Gasteiger partial charge in [0.15, 0.2) is 0 Å². The fourth-order valence-corrected chi connectivity index (χ4v) is 2.52. The predicted octanol–water partition coefficient (Wildman–Crippen LogP) is 3.80. The minimum atomic E-state index is -0.0711. The van der Waals surface area contributed by atoms with Crippen LogP contribution in [-0.2, 0) is 6.54 Å². The largest absolute Gasteiger partial charge is 0.380 e. The van der Waals surface area contributed by atoms with Crippen molar-refractivity contribution in [2.75, 3.05) is 5.32 Å². The van der Waals surface area contributed by atoms with Crippen LogP contribution in [0.4, 0.5) is 5.69 Å². The maximum atomic E-state index is 12.0. The maximum absolute atomic E-state index is 12.0. The molecule has 1 heterocycles. The van der Waals surface area contributed by atoms with E-state index in [0.29, 0.717) is 17.1 Å². The average molecular weight is 330 g/mol. The summed E-state index contributed by atoms with van der Waals surface area (Å²) in [5.74, 6) is 0. The van der Waals surface area contributed by atoms with Crippen molar-refractivity contribution in [2.45, 2.75) is 65.5 Å². The number of rotatable bonds is 8. The molecule has 0 amide bonds. The molecule has 5 heteroatoms. The van der Waals surface area contributed by atoms with Crippen molar-refractivity contribution >= 4 is 21.6 Å². The Balaban J connectivity index is 2.84. The first-order valence-electron chi connectivity index (χ1n) is 7.16. The van der Waals surface area contributed by atoms with Gasteiger partial charge < -0.3 is 5.32 Å². The number of aromatic nitrogens is 2. The summed E-state index contributed by atoms with van der Waals surface area (Å²) in [5.41, 5.74) is 0.738. The zero-order chi connectivity index (χ0) is 14.3. The highest BCUT2D eigenvalue weighted by Gasteiger charge is 2.12. The second kappa shape index (κ2) is 8.35. The van der Waals surface area contributed by atoms with Crippen LogP contribution >= 0.6 is 15.9 Å². The lowest BCUT2D eigenvalue weighted by Crippen LogP contribution is -2.26. The summed E-state index contributed by atoms with van der Waals surface area (Å²) in [7, 11) is 0. The molecule has 1 atom stereocenters. The van der Waals surface area contributed by atoms with Crippen molar-refractivity contribution in [1.82, 2.24) is 9.78 Å². The molecular formula is C14H24BrN3O. The third-order valence-electron chi connectivity index (χ3n) is 3.19. The van der Waals surface area contributed by atoms with Crippen molar-refractivity contribution in [3.63, 3.8) is 0 Å². The molecule has 108 valence electrons. The van der Waals surface area contributed by atoms with Crippen LogP contribution in [0.5, 0.6) is 0 Å². The van der Waals surface area contributed by atoms with E-state index in [4.69, 9.17) is 0 Å². The molecule has 19 heavy (non-hydrogen) atoms. The number of unbranched alkanes of at least 4 members (excludes halogenated alkanes) is 1. The molecule has 0 spiro atoms. The molecule has 0 aliphatic heterocycles. The van der Waals surface area contributed by atoms with Gasteiger partial charge in [0.1, 0.15) is 4.47 Å². The van der Waals surface area contributed by atoms with Gasteiger partial charge >= 0.3 is 0 Å². The number of hydrogen-bond donors (Lipinski definition) is 1. The molecule has 1 unspecified atom stereocenters. The molecule has 1 rings (SSSR count). The predicted molar refractivity (Wildman–Crippen MR) is 83.7 cm³/mol. The lowest BCUT2D eigenvalue weighted by molar-refractivity contribution is 0.561. The summed E-state index contributed by atoms with van der Waals surface area (Å²) in [5, 5.41) is 7.62. The highest BCUT2D eigenvalue weighted by Crippen LogP contribution is 2.20. The van der Waals surface area contributed by atoms with E-state index in [-0.39, 0.29) is 5.56 Å². The van der Waals surface area contributed by atoms with E-state index >= 15 is 0 Å². The summed E-state index contributed by atoms with van der Waals surface area (Å²) in [6.07, 6.45) is 7.52. The summed E-state index contributed by atoms with van der Waals surface area (Å²) in [4.78, 5) is 12.0. The lowest BCUT2D eigenvalue weighted by atomic mass is 10.1. The average Bonchev–Trinajstić information content (AvgIpc) is 2.41. The van der Waals surface area contributed by atoms with Crippen LogP contribution in [0, 0.1) is 0 Å². The van der Waals surface area contributed by atoms with Gasteiger partial charge in [-0.15, -0.1) is 0 Å². The Morgan fingerprint density at radius 1 is 1.32 bits per heavy atom. The minimum Gasteiger partial charge on any atom is -0.380 e. The molecule has 0 aliphatic carbocycles. The Morgan fingerprint density at radius 3 is 2.63 bits per heavy atom. The van der Waals surface area contributed by atoms with Crippen molar-refractivity contribution in [3.05, 3.63) is 21.0 Å². The number of hydrogen-bond acceptors (Lipinski definition) is 3. The van der Waals surface area contributed by atoms with Gasteiger partial charge in [-0.1, -0.05) is 33.1 Å². The molecule has 0 aromatic carbocycles. The zero-order valence-corrected chi connectivity index (χ0v) is 13.7. The smallest absolute Gasteiger partial charge is 0.283 e. The summed E-state index contributed by atoms with van der Waals surface area (Å²) in [6, 6.07) is 0.417. The second-order valence-electron chi connectivity index (χ2n) is 4.77. The van der Waals surface area contributed by atoms with Gasteiger partial charge in [-0.3, -0.25) is 4.79 Å². The molecule has 1 aromatic heterocycles. The molecule has 0 saturated carbocycles. The van der Waals surface area contributed by atoms with Crippen molar-refractivity contribution in [3.8, 4) is 0 Å². The van der Waals surface area contributed by atoms with E-state index < -0.39 is 0 Å². The standard InChI is InChI=1S/C14H24BrN3O/c1-4-7-9-11(8-5-2)17-12-10-16-18(6-3)14(19)13(12)15/h10-11,17H,4-9H2,1-3H3. The maximum Gasteiger partial charge on any atom is 0.283 e. The van der Waals surface area contributed by atoms with E-state index in [1.165, 1.54) is 17.5 Å². The first-order valence-corrected chi connectivity index (χ1v) is 7.95. The van der Waals surface area contributed by atoms with E-state index in [1.807, 2.05) is 6.92 Å². The van der Waals surface area contributed by atoms with Crippen LogP contribution in [0.1, 0.15) is 52.9 Å². The van der Waals surface area contributed by atoms with Crippen molar-refractivity contribution in [2.24, 2.45) is 0 Å². The van der Waals surface area contributed by atoms with Crippen molar-refractivity contribution in [1.29, 1.82) is 0 Å². The number of nitrogens with zero attached hydrogens (tertiary/aromatic N) is 2. The first kappa shape index (κ1) is 16.2. The Bertz CT molecular complexity index is 445. The lowest BCUT2D eigenvalue weighted by Gasteiger charge is -2.20. The van der Waals surface area contributed by atoms with Gasteiger partial charge in [0.25, 0.3) is 5.56 Å². The first-order chi connectivity index (χ1) is 9.13. The van der Waals surface area contributed by atoms with Crippen LogP contribution in [0.2, 0.25) is 0 Å². The van der Waals surface area contributed by atoms with Crippen LogP contribution < -0.4 is 10.9 Å². The molecule has 0 aliphatic rings. The molecule has 0 radical (unpaired) electrons. The van der Waals surface area contributed by atoms with Crippen LogP contribution in [0.15, 0.2) is 15.5 Å². The van der Waals surface area contributed by atoms with Gasteiger partial charge in [0, 0.05) is 12.6 Å². The summed E-state index contributed by atoms with van der Waals surface area (Å²) < 4.78 is 2.04. The number of halogens is 1. The van der Waals surface area contributed by atoms with Crippen LogP contribution in [0.3, 0.4) is 0 Å². The zero-order valence-electron chi connectivity index (χ0n) is 12.1. The van der Waals surface area contributed by atoms with E-state index in [0.717, 1.165) is 24.9 Å². The highest BCUT2D eigenvalue weighted by molar-refractivity contribution is 9.10. The topological polar surface area (TPSA) is 46.9 Å². The Hall–Kier alpha value is -0.840. The van der Waals surface area contributed by atoms with Crippen LogP contribution in [-0.4, -0.2) is 15.8 Å². The fraction of sp³-hybridized carbons (Fsp3) is 0.714. The number of nitrogens with one attached hydrogen (secondary N) is 1. The molecule has 0 bridgehead atoms. The van der Waals surface area contributed by atoms with Gasteiger partial charge in [0.2, 0.25) is 0 Å². The highest BCUT2D eigenvalue weighted by atomic mass is 79.9. The molecule has 0 saturated heterocycles. The monoisotopic (exact) mass is 329 g/mol. The van der Waals surface area contributed by atoms with Crippen LogP contribution in [0.25, 0.3) is 0 Å². The van der Waals surface area contributed by atoms with Gasteiger partial charge in [0.05, 0.1) is 11.9 Å². The minimum absolute atomic E-state index is 0.0711. The second-order valence-corrected chi connectivity index (χ2v) is 5.56. The molecular weight excluding hydrogens is 306 g/mol. The Labute approximate surface area is 123 Å². The normalized spacial score (nSPS) is 12.4. The van der Waals surface area contributed by atoms with Crippen molar-refractivity contribution < 1.29 is 0 Å². The van der Waals surface area contributed by atoms with E-state index in [9.17, 15) is 4.79 Å². The van der Waals surface area contributed by atoms with E-state index in [1.54, 1.807) is 6.20 Å². The van der Waals surface area contributed by atoms with E-state index in [2.05, 4.69) is 40.2 Å². The third-order valence-corrected chi connectivity index (χ3v) is 3.95. The quantitative estimate of drug-likeness (QED) is 0.789. The Kier molecular flexibility index (Phi) is 7.13. The molecule has 1 aromatic rings. The molecule has 0 fully saturated rings. The van der Waals surface area contributed by atoms with Gasteiger partial charge in [-0.05, 0) is 35.7 Å². The number of anilines is 1. The molecule has 1 N–H and O–H groups in total. The van der Waals surface area contributed by atoms with Gasteiger partial charge in [-0.2, -0.15) is 5.10 Å². The third kappa shape index (κ3) is 4.64. The summed E-state index contributed by atoms with van der Waals surface area (Å²) in [6.45, 7) is 6.88. The summed E-state index contributed by atoms with van der Waals surface area (Å²) >= 11 is 3.38.